The second-order valence-electron chi connectivity index (χ2n) is 31.2. The average molecular weight is 1720 g/mol. The highest BCUT2D eigenvalue weighted by molar-refractivity contribution is 5.99. The third kappa shape index (κ3) is 37.9. The van der Waals surface area contributed by atoms with Crippen LogP contribution < -0.4 is 121 Å². The molecular formula is C87H139N23O13. The topological polar surface area (TPSA) is 642 Å². The standard InChI is InChI=1S/C87H139N23O13/c88-45-19-11-36-64(101-78(114)66(38-13-21-47-90)103-80(116)68(40-15-23-49-92)105-82(118)70(42-17-25-51-94)108-85(121)74(55-58-30-5-2-6-31-58)110-87(122)123-56-63-61-34-9-7-32-59(61)60-33-8-10-35-62(60)63)76(112)100-65(37-12-20-46-89)77(113)102-67(39-14-22-48-91)79(115)104-69(41-16-24-50-93)81(117)107-72(44-27-53-99-86(97)98)83(119)106-71(43-18-26-52-95)84(120)109-73(75(96)111)54-57-28-3-1-4-29-57/h1-10,28-35,63-74H,11-27,36-56,88-95H2,(H2,96,111)(H,100,112)(H,101,114)(H,102,113)(H,103,116)(H,104,115)(H,105,118)(H,106,119)(H,107,117)(H,108,121)(H,109,120)(H,110,122)(H4,97,98,99)/t64-,65-,66-,67-,68-,69-,70-,71-,72-,73-,74-/m0/s1. The van der Waals surface area contributed by atoms with Crippen molar-refractivity contribution in [3.05, 3.63) is 131 Å². The lowest BCUT2D eigenvalue weighted by Gasteiger charge is -2.29. The molecule has 123 heavy (non-hydrogen) atoms. The number of fused-ring (bicyclic) bond motifs is 3. The van der Waals surface area contributed by atoms with Gasteiger partial charge in [0.25, 0.3) is 0 Å². The van der Waals surface area contributed by atoms with E-state index in [1.54, 1.807) is 54.6 Å². The van der Waals surface area contributed by atoms with E-state index < -0.39 is 138 Å². The van der Waals surface area contributed by atoms with Gasteiger partial charge in [0.05, 0.1) is 0 Å². The number of benzene rings is 4. The van der Waals surface area contributed by atoms with Crippen molar-refractivity contribution >= 4 is 77.0 Å². The maximum absolute atomic E-state index is 15.0. The Kier molecular flexibility index (Phi) is 49.4. The van der Waals surface area contributed by atoms with Gasteiger partial charge in [-0.05, 0) is 253 Å². The third-order valence-corrected chi connectivity index (χ3v) is 21.4. The Labute approximate surface area is 722 Å². The van der Waals surface area contributed by atoms with Crippen molar-refractivity contribution in [2.75, 3.05) is 65.5 Å². The molecule has 1 aliphatic carbocycles. The molecule has 0 saturated carbocycles. The number of amides is 12. The summed E-state index contributed by atoms with van der Waals surface area (Å²) in [6.45, 7) is 1.97. The molecule has 680 valence electrons. The highest BCUT2D eigenvalue weighted by Crippen LogP contribution is 2.44. The molecule has 12 amide bonds. The lowest BCUT2D eigenvalue weighted by atomic mass is 9.98. The molecule has 0 bridgehead atoms. The van der Waals surface area contributed by atoms with E-state index in [0.29, 0.717) is 114 Å². The summed E-state index contributed by atoms with van der Waals surface area (Å²) < 4.78 is 5.89. The fourth-order valence-electron chi connectivity index (χ4n) is 14.5. The maximum Gasteiger partial charge on any atom is 0.407 e. The molecule has 0 unspecified atom stereocenters. The summed E-state index contributed by atoms with van der Waals surface area (Å²) >= 11 is 0. The first-order valence-corrected chi connectivity index (χ1v) is 43.6. The number of unbranched alkanes of at least 4 members (excludes halogenated alkanes) is 8. The van der Waals surface area contributed by atoms with Crippen molar-refractivity contribution in [1.82, 2.24) is 63.8 Å². The molecule has 0 radical (unpaired) electrons. The Balaban J connectivity index is 1.38. The first-order valence-electron chi connectivity index (χ1n) is 43.6. The summed E-state index contributed by atoms with van der Waals surface area (Å²) in [5, 5.41) is 41.1. The molecule has 1 aliphatic rings. The summed E-state index contributed by atoms with van der Waals surface area (Å²) in [5.74, 6) is -9.18. The Hall–Kier alpha value is -10.7. The van der Waals surface area contributed by atoms with Crippen molar-refractivity contribution in [1.29, 1.82) is 5.41 Å². The van der Waals surface area contributed by atoms with Gasteiger partial charge in [-0.2, -0.15) is 0 Å². The molecule has 36 heteroatoms. The Morgan fingerprint density at radius 2 is 0.512 bits per heavy atom. The van der Waals surface area contributed by atoms with Gasteiger partial charge in [-0.15, -0.1) is 0 Å². The van der Waals surface area contributed by atoms with Gasteiger partial charge in [0.2, 0.25) is 65.0 Å². The van der Waals surface area contributed by atoms with E-state index in [9.17, 15) is 57.5 Å². The smallest absolute Gasteiger partial charge is 0.407 e. The molecule has 11 atom stereocenters. The first-order chi connectivity index (χ1) is 59.4. The zero-order valence-electron chi connectivity index (χ0n) is 71.3. The van der Waals surface area contributed by atoms with Crippen LogP contribution in [0.1, 0.15) is 195 Å². The summed E-state index contributed by atoms with van der Waals surface area (Å²) in [7, 11) is 0. The number of carbonyl (C=O) groups is 12. The summed E-state index contributed by atoms with van der Waals surface area (Å²) in [6.07, 6.45) is 5.66. The van der Waals surface area contributed by atoms with Crippen LogP contribution in [0.15, 0.2) is 109 Å². The fourth-order valence-corrected chi connectivity index (χ4v) is 14.5. The average Bonchev–Trinajstić information content (AvgIpc) is 1.61. The maximum atomic E-state index is 15.0. The SMILES string of the molecule is N=C(N)NCCC[C@H](NC(=O)[C@H](CCCCN)NC(=O)[C@H](CCCCN)NC(=O)[C@H](CCCCN)NC(=O)[C@H](CCCCN)NC(=O)[C@H](CCCCN)NC(=O)[C@H](CCCCN)NC(=O)[C@H](CCCCN)NC(=O)[C@H](Cc1ccccc1)NC(=O)OCC1c2ccccc2-c2ccccc21)C(=O)N[C@@H](CCCCN)C(=O)N[C@@H](Cc1ccccc1)C(N)=O. The number of guanidine groups is 1. The van der Waals surface area contributed by atoms with E-state index in [0.717, 1.165) is 22.3 Å². The minimum absolute atomic E-state index is 0.000879. The molecule has 33 N–H and O–H groups in total. The predicted octanol–water partition coefficient (Wildman–Crippen LogP) is 0.00767. The van der Waals surface area contributed by atoms with E-state index in [1.807, 2.05) is 54.6 Å². The van der Waals surface area contributed by atoms with Crippen molar-refractivity contribution in [3.63, 3.8) is 0 Å². The van der Waals surface area contributed by atoms with Crippen LogP contribution in [0, 0.1) is 5.41 Å². The van der Waals surface area contributed by atoms with Gasteiger partial charge in [-0.25, -0.2) is 4.79 Å². The van der Waals surface area contributed by atoms with Gasteiger partial charge in [-0.1, -0.05) is 109 Å². The van der Waals surface area contributed by atoms with Gasteiger partial charge in [0.15, 0.2) is 5.96 Å². The van der Waals surface area contributed by atoms with Crippen molar-refractivity contribution in [2.24, 2.45) is 57.3 Å². The molecular weight excluding hydrogens is 1580 g/mol. The van der Waals surface area contributed by atoms with E-state index in [1.165, 1.54) is 0 Å². The summed E-state index contributed by atoms with van der Waals surface area (Å²) in [4.78, 5) is 174. The lowest BCUT2D eigenvalue weighted by Crippen LogP contribution is -2.60. The van der Waals surface area contributed by atoms with E-state index >= 15 is 0 Å². The molecule has 0 fully saturated rings. The van der Waals surface area contributed by atoms with E-state index in [-0.39, 0.29) is 154 Å². The lowest BCUT2D eigenvalue weighted by molar-refractivity contribution is -0.136. The minimum Gasteiger partial charge on any atom is -0.449 e. The molecule has 5 rings (SSSR count). The monoisotopic (exact) mass is 1710 g/mol. The van der Waals surface area contributed by atoms with Crippen LogP contribution in [-0.4, -0.2) is 209 Å². The second-order valence-corrected chi connectivity index (χ2v) is 31.2. The summed E-state index contributed by atoms with van der Waals surface area (Å²) in [6, 6.07) is 19.3. The highest BCUT2D eigenvalue weighted by Gasteiger charge is 2.38. The predicted molar refractivity (Wildman–Crippen MR) is 473 cm³/mol. The number of nitrogens with two attached hydrogens (primary N) is 10. The molecule has 0 saturated heterocycles. The number of carbonyl (C=O) groups excluding carboxylic acids is 12. The molecule has 4 aromatic carbocycles. The number of alkyl carbamates (subject to hydrolysis) is 1. The van der Waals surface area contributed by atoms with Gasteiger partial charge < -0.3 is 126 Å². The van der Waals surface area contributed by atoms with Crippen LogP contribution in [0.3, 0.4) is 0 Å². The normalized spacial score (nSPS) is 14.2. The van der Waals surface area contributed by atoms with Crippen LogP contribution >= 0.6 is 0 Å². The summed E-state index contributed by atoms with van der Waals surface area (Å²) in [5.41, 5.74) is 64.3. The van der Waals surface area contributed by atoms with Gasteiger partial charge in [0, 0.05) is 25.3 Å². The minimum atomic E-state index is -1.36. The molecule has 0 aliphatic heterocycles. The number of nitrogens with one attached hydrogen (secondary N) is 13. The van der Waals surface area contributed by atoms with Gasteiger partial charge in [0.1, 0.15) is 73.1 Å². The number of primary amides is 1. The molecule has 0 heterocycles. The zero-order chi connectivity index (χ0) is 89.7. The van der Waals surface area contributed by atoms with Crippen molar-refractivity contribution in [2.45, 2.75) is 252 Å². The first kappa shape index (κ1) is 103. The fraction of sp³-hybridized carbons (Fsp3) is 0.575. The molecule has 4 aromatic rings. The van der Waals surface area contributed by atoms with Gasteiger partial charge >= 0.3 is 6.09 Å². The second kappa shape index (κ2) is 59.1. The van der Waals surface area contributed by atoms with E-state index in [4.69, 9.17) is 67.5 Å². The Bertz CT molecular complexity index is 3860. The van der Waals surface area contributed by atoms with Crippen molar-refractivity contribution < 1.29 is 62.3 Å². The quantitative estimate of drug-likeness (QED) is 0.0157. The van der Waals surface area contributed by atoms with Crippen LogP contribution in [0.4, 0.5) is 4.79 Å². The molecule has 0 spiro atoms. The highest BCUT2D eigenvalue weighted by atomic mass is 16.5. The van der Waals surface area contributed by atoms with Crippen LogP contribution in [0.25, 0.3) is 11.1 Å². The number of hydrogen-bond acceptors (Lipinski definition) is 22. The molecule has 36 nitrogen and oxygen atoms in total. The number of ether oxygens (including phenoxy) is 1. The van der Waals surface area contributed by atoms with Gasteiger partial charge in [-0.3, -0.25) is 58.1 Å². The largest absolute Gasteiger partial charge is 0.449 e. The van der Waals surface area contributed by atoms with Crippen LogP contribution in [0.5, 0.6) is 0 Å². The molecule has 0 aromatic heterocycles. The van der Waals surface area contributed by atoms with Crippen molar-refractivity contribution in [3.8, 4) is 11.1 Å². The third-order valence-electron chi connectivity index (χ3n) is 21.4. The van der Waals surface area contributed by atoms with Crippen LogP contribution in [0.2, 0.25) is 0 Å². The van der Waals surface area contributed by atoms with E-state index in [2.05, 4.69) is 63.8 Å². The number of hydrogen-bond donors (Lipinski definition) is 23. The number of rotatable bonds is 64. The van der Waals surface area contributed by atoms with Crippen LogP contribution in [-0.2, 0) is 70.3 Å². The Morgan fingerprint density at radius 1 is 0.285 bits per heavy atom. The zero-order valence-corrected chi connectivity index (χ0v) is 71.3. The Morgan fingerprint density at radius 3 is 0.764 bits per heavy atom.